The maximum absolute atomic E-state index is 9.69. The van der Waals surface area contributed by atoms with Crippen molar-refractivity contribution in [2.24, 2.45) is 5.73 Å². The zero-order valence-electron chi connectivity index (χ0n) is 8.50. The molecule has 4 nitrogen and oxygen atoms in total. The summed E-state index contributed by atoms with van der Waals surface area (Å²) in [5, 5.41) is 22.1. The SMILES string of the molecule is NC(=S)Nc1ccc(C(O)C(O)CS)cc1. The van der Waals surface area contributed by atoms with Gasteiger partial charge < -0.3 is 21.3 Å². The lowest BCUT2D eigenvalue weighted by Gasteiger charge is -2.16. The standard InChI is InChI=1S/C10H14N2O2S2/c11-10(16)12-7-3-1-6(2-4-7)9(14)8(13)5-15/h1-4,8-9,13-15H,5H2,(H3,11,12,16). The number of aliphatic hydroxyl groups excluding tert-OH is 2. The third-order valence-corrected chi connectivity index (χ3v) is 2.55. The molecule has 0 spiro atoms. The summed E-state index contributed by atoms with van der Waals surface area (Å²) >= 11 is 8.60. The minimum absolute atomic E-state index is 0.184. The second kappa shape index (κ2) is 6.05. The molecule has 0 bridgehead atoms. The lowest BCUT2D eigenvalue weighted by molar-refractivity contribution is 0.0338. The van der Waals surface area contributed by atoms with Crippen molar-refractivity contribution in [2.75, 3.05) is 11.1 Å². The second-order valence-electron chi connectivity index (χ2n) is 3.31. The van der Waals surface area contributed by atoms with E-state index in [1.807, 2.05) is 0 Å². The molecule has 0 saturated carbocycles. The van der Waals surface area contributed by atoms with Crippen LogP contribution in [0, 0.1) is 0 Å². The number of anilines is 1. The van der Waals surface area contributed by atoms with Gasteiger partial charge in [-0.25, -0.2) is 0 Å². The van der Waals surface area contributed by atoms with Crippen molar-refractivity contribution in [3.05, 3.63) is 29.8 Å². The van der Waals surface area contributed by atoms with Crippen molar-refractivity contribution in [3.63, 3.8) is 0 Å². The number of aliphatic hydroxyl groups is 2. The summed E-state index contributed by atoms with van der Waals surface area (Å²) in [5.74, 6) is 0.202. The molecule has 2 atom stereocenters. The van der Waals surface area contributed by atoms with Gasteiger partial charge in [0.25, 0.3) is 0 Å². The maximum Gasteiger partial charge on any atom is 0.168 e. The molecule has 16 heavy (non-hydrogen) atoms. The Morgan fingerprint density at radius 1 is 1.38 bits per heavy atom. The molecule has 5 N–H and O–H groups in total. The highest BCUT2D eigenvalue weighted by Gasteiger charge is 2.16. The highest BCUT2D eigenvalue weighted by molar-refractivity contribution is 7.80. The first kappa shape index (κ1) is 13.2. The molecule has 0 heterocycles. The molecule has 0 aromatic heterocycles. The number of benzene rings is 1. The van der Waals surface area contributed by atoms with Crippen LogP contribution in [-0.2, 0) is 0 Å². The van der Waals surface area contributed by atoms with Crippen molar-refractivity contribution in [3.8, 4) is 0 Å². The van der Waals surface area contributed by atoms with E-state index in [0.717, 1.165) is 5.69 Å². The van der Waals surface area contributed by atoms with E-state index < -0.39 is 12.2 Å². The summed E-state index contributed by atoms with van der Waals surface area (Å²) in [5.41, 5.74) is 6.67. The van der Waals surface area contributed by atoms with Crippen LogP contribution in [0.15, 0.2) is 24.3 Å². The number of thiocarbonyl (C=S) groups is 1. The van der Waals surface area contributed by atoms with E-state index in [0.29, 0.717) is 5.56 Å². The average molecular weight is 258 g/mol. The van der Waals surface area contributed by atoms with E-state index in [1.165, 1.54) is 0 Å². The predicted octanol–water partition coefficient (Wildman–Crippen LogP) is 0.666. The molecule has 88 valence electrons. The first-order valence-corrected chi connectivity index (χ1v) is 5.72. The summed E-state index contributed by atoms with van der Waals surface area (Å²) in [6.07, 6.45) is -1.81. The fourth-order valence-corrected chi connectivity index (χ4v) is 1.55. The Hall–Kier alpha value is -0.820. The van der Waals surface area contributed by atoms with Crippen molar-refractivity contribution < 1.29 is 10.2 Å². The van der Waals surface area contributed by atoms with Crippen LogP contribution in [0.1, 0.15) is 11.7 Å². The van der Waals surface area contributed by atoms with Crippen LogP contribution in [-0.4, -0.2) is 27.2 Å². The van der Waals surface area contributed by atoms with Crippen molar-refractivity contribution in [1.82, 2.24) is 0 Å². The van der Waals surface area contributed by atoms with E-state index in [-0.39, 0.29) is 10.9 Å². The fourth-order valence-electron chi connectivity index (χ4n) is 1.23. The maximum atomic E-state index is 9.69. The molecule has 1 aromatic carbocycles. The van der Waals surface area contributed by atoms with Gasteiger partial charge in [0.1, 0.15) is 6.10 Å². The van der Waals surface area contributed by atoms with E-state index >= 15 is 0 Å². The smallest absolute Gasteiger partial charge is 0.168 e. The Balaban J connectivity index is 2.74. The van der Waals surface area contributed by atoms with Gasteiger partial charge >= 0.3 is 0 Å². The first-order valence-electron chi connectivity index (χ1n) is 4.68. The normalized spacial score (nSPS) is 14.2. The van der Waals surface area contributed by atoms with Gasteiger partial charge in [-0.2, -0.15) is 12.6 Å². The number of hydrogen-bond donors (Lipinski definition) is 5. The molecule has 0 radical (unpaired) electrons. The zero-order valence-corrected chi connectivity index (χ0v) is 10.2. The fraction of sp³-hybridized carbons (Fsp3) is 0.300. The minimum Gasteiger partial charge on any atom is -0.389 e. The topological polar surface area (TPSA) is 78.5 Å². The van der Waals surface area contributed by atoms with Gasteiger partial charge in [-0.3, -0.25) is 0 Å². The molecule has 0 aliphatic heterocycles. The van der Waals surface area contributed by atoms with Gasteiger partial charge in [0.15, 0.2) is 5.11 Å². The minimum atomic E-state index is -0.934. The molecule has 2 unspecified atom stereocenters. The van der Waals surface area contributed by atoms with Gasteiger partial charge in [0.05, 0.1) is 6.10 Å². The highest BCUT2D eigenvalue weighted by Crippen LogP contribution is 2.19. The lowest BCUT2D eigenvalue weighted by Crippen LogP contribution is -2.20. The predicted molar refractivity (Wildman–Crippen MR) is 71.7 cm³/mol. The molecule has 0 aliphatic rings. The summed E-state index contributed by atoms with van der Waals surface area (Å²) in [6, 6.07) is 6.84. The average Bonchev–Trinajstić information content (AvgIpc) is 2.27. The number of hydrogen-bond acceptors (Lipinski definition) is 4. The Labute approximate surface area is 105 Å². The number of nitrogens with one attached hydrogen (secondary N) is 1. The zero-order chi connectivity index (χ0) is 12.1. The van der Waals surface area contributed by atoms with Crippen molar-refractivity contribution >= 4 is 35.6 Å². The summed E-state index contributed by atoms with van der Waals surface area (Å²) < 4.78 is 0. The Morgan fingerprint density at radius 3 is 2.38 bits per heavy atom. The molecular weight excluding hydrogens is 244 g/mol. The van der Waals surface area contributed by atoms with Gasteiger partial charge in [0, 0.05) is 11.4 Å². The largest absolute Gasteiger partial charge is 0.389 e. The van der Waals surface area contributed by atoms with E-state index in [4.69, 9.17) is 5.73 Å². The lowest BCUT2D eigenvalue weighted by atomic mass is 10.1. The molecule has 0 amide bonds. The quantitative estimate of drug-likeness (QED) is 0.405. The second-order valence-corrected chi connectivity index (χ2v) is 4.11. The van der Waals surface area contributed by atoms with Crippen LogP contribution in [0.25, 0.3) is 0 Å². The summed E-state index contributed by atoms with van der Waals surface area (Å²) in [6.45, 7) is 0. The van der Waals surface area contributed by atoms with Gasteiger partial charge in [-0.15, -0.1) is 0 Å². The van der Waals surface area contributed by atoms with Crippen LogP contribution in [0.4, 0.5) is 5.69 Å². The van der Waals surface area contributed by atoms with Crippen LogP contribution in [0.2, 0.25) is 0 Å². The van der Waals surface area contributed by atoms with Crippen LogP contribution < -0.4 is 11.1 Å². The molecule has 0 saturated heterocycles. The number of rotatable bonds is 4. The van der Waals surface area contributed by atoms with Crippen LogP contribution >= 0.6 is 24.8 Å². The molecular formula is C10H14N2O2S2. The van der Waals surface area contributed by atoms with Gasteiger partial charge in [-0.05, 0) is 29.9 Å². The van der Waals surface area contributed by atoms with Gasteiger partial charge in [-0.1, -0.05) is 12.1 Å². The monoisotopic (exact) mass is 258 g/mol. The Bertz CT molecular complexity index is 356. The molecule has 1 rings (SSSR count). The molecule has 6 heteroatoms. The van der Waals surface area contributed by atoms with E-state index in [1.54, 1.807) is 24.3 Å². The summed E-state index contributed by atoms with van der Waals surface area (Å²) in [4.78, 5) is 0. The first-order chi connectivity index (χ1) is 7.54. The third-order valence-electron chi connectivity index (χ3n) is 2.07. The van der Waals surface area contributed by atoms with Crippen LogP contribution in [0.5, 0.6) is 0 Å². The Morgan fingerprint density at radius 2 is 1.94 bits per heavy atom. The van der Waals surface area contributed by atoms with Gasteiger partial charge in [0.2, 0.25) is 0 Å². The highest BCUT2D eigenvalue weighted by atomic mass is 32.1. The van der Waals surface area contributed by atoms with E-state index in [2.05, 4.69) is 30.2 Å². The molecule has 0 fully saturated rings. The Kier molecular flexibility index (Phi) is 5.01. The van der Waals surface area contributed by atoms with Crippen molar-refractivity contribution in [1.29, 1.82) is 0 Å². The summed E-state index contributed by atoms with van der Waals surface area (Å²) in [7, 11) is 0. The molecule has 0 aliphatic carbocycles. The number of nitrogens with two attached hydrogens (primary N) is 1. The van der Waals surface area contributed by atoms with Crippen LogP contribution in [0.3, 0.4) is 0 Å². The van der Waals surface area contributed by atoms with E-state index in [9.17, 15) is 10.2 Å². The number of thiol groups is 1. The molecule has 1 aromatic rings. The van der Waals surface area contributed by atoms with Crippen molar-refractivity contribution in [2.45, 2.75) is 12.2 Å². The third kappa shape index (κ3) is 3.64.